The number of furan rings is 1. The van der Waals surface area contributed by atoms with Crippen molar-refractivity contribution in [2.24, 2.45) is 5.92 Å². The molecule has 1 atom stereocenters. The fraction of sp³-hybridized carbons (Fsp3) is 0.545. The van der Waals surface area contributed by atoms with Crippen LogP contribution >= 0.6 is 0 Å². The first-order chi connectivity index (χ1) is 6.84. The van der Waals surface area contributed by atoms with Crippen LogP contribution in [0.15, 0.2) is 22.8 Å². The Morgan fingerprint density at radius 3 is 3.14 bits per heavy atom. The largest absolute Gasteiger partial charge is 0.469 e. The molecule has 1 aromatic heterocycles. The van der Waals surface area contributed by atoms with Crippen LogP contribution in [-0.2, 0) is 16.0 Å². The number of Topliss-reactive ketones (excluding diaryl/α,β-unsaturated/α-hetero) is 1. The lowest BCUT2D eigenvalue weighted by Gasteiger charge is -2.04. The van der Waals surface area contributed by atoms with Crippen molar-refractivity contribution in [2.75, 3.05) is 13.2 Å². The van der Waals surface area contributed by atoms with Crippen LogP contribution in [0.3, 0.4) is 0 Å². The zero-order chi connectivity index (χ0) is 9.80. The molecule has 14 heavy (non-hydrogen) atoms. The van der Waals surface area contributed by atoms with Crippen LogP contribution in [0.25, 0.3) is 0 Å². The minimum absolute atomic E-state index is 0.246. The Morgan fingerprint density at radius 1 is 1.57 bits per heavy atom. The van der Waals surface area contributed by atoms with Gasteiger partial charge in [0.2, 0.25) is 0 Å². The standard InChI is InChI=1S/C11H14O3/c12-10(6-9-3-5-13-8-9)7-11-2-1-4-14-11/h1-2,4,9H,3,5-8H2. The van der Waals surface area contributed by atoms with Crippen molar-refractivity contribution < 1.29 is 13.9 Å². The quantitative estimate of drug-likeness (QED) is 0.733. The fourth-order valence-electron chi connectivity index (χ4n) is 1.75. The average Bonchev–Trinajstić information content (AvgIpc) is 2.76. The number of ether oxygens (including phenoxy) is 1. The Labute approximate surface area is 83.0 Å². The van der Waals surface area contributed by atoms with Gasteiger partial charge in [0.15, 0.2) is 0 Å². The van der Waals surface area contributed by atoms with E-state index < -0.39 is 0 Å². The summed E-state index contributed by atoms with van der Waals surface area (Å²) in [6.07, 6.45) is 3.66. The zero-order valence-corrected chi connectivity index (χ0v) is 8.07. The van der Waals surface area contributed by atoms with Crippen molar-refractivity contribution in [1.29, 1.82) is 0 Å². The van der Waals surface area contributed by atoms with E-state index in [0.29, 0.717) is 18.8 Å². The molecule has 1 aliphatic heterocycles. The third-order valence-electron chi connectivity index (χ3n) is 2.49. The number of hydrogen-bond acceptors (Lipinski definition) is 3. The lowest BCUT2D eigenvalue weighted by atomic mass is 10.00. The van der Waals surface area contributed by atoms with Gasteiger partial charge in [0.25, 0.3) is 0 Å². The van der Waals surface area contributed by atoms with E-state index in [1.807, 2.05) is 6.07 Å². The maximum atomic E-state index is 11.6. The van der Waals surface area contributed by atoms with E-state index in [4.69, 9.17) is 9.15 Å². The second kappa shape index (κ2) is 4.42. The summed E-state index contributed by atoms with van der Waals surface area (Å²) in [5, 5.41) is 0. The molecule has 0 saturated carbocycles. The molecule has 0 spiro atoms. The molecular weight excluding hydrogens is 180 g/mol. The molecule has 0 aromatic carbocycles. The molecule has 3 heteroatoms. The van der Waals surface area contributed by atoms with E-state index in [0.717, 1.165) is 25.4 Å². The van der Waals surface area contributed by atoms with Gasteiger partial charge in [-0.1, -0.05) is 0 Å². The summed E-state index contributed by atoms with van der Waals surface area (Å²) in [4.78, 5) is 11.6. The van der Waals surface area contributed by atoms with Gasteiger partial charge in [0, 0.05) is 19.6 Å². The summed E-state index contributed by atoms with van der Waals surface area (Å²) in [5.41, 5.74) is 0. The molecule has 76 valence electrons. The number of carbonyl (C=O) groups excluding carboxylic acids is 1. The molecule has 1 fully saturated rings. The van der Waals surface area contributed by atoms with Crippen LogP contribution in [-0.4, -0.2) is 19.0 Å². The minimum Gasteiger partial charge on any atom is -0.469 e. The lowest BCUT2D eigenvalue weighted by molar-refractivity contribution is -0.119. The molecule has 1 aliphatic rings. The van der Waals surface area contributed by atoms with Gasteiger partial charge in [-0.2, -0.15) is 0 Å². The SMILES string of the molecule is O=C(Cc1ccco1)CC1CCOC1. The van der Waals surface area contributed by atoms with E-state index in [1.165, 1.54) is 0 Å². The molecule has 0 bridgehead atoms. The Kier molecular flexibility index (Phi) is 2.99. The maximum absolute atomic E-state index is 11.6. The van der Waals surface area contributed by atoms with Crippen LogP contribution in [0.4, 0.5) is 0 Å². The highest BCUT2D eigenvalue weighted by molar-refractivity contribution is 5.80. The van der Waals surface area contributed by atoms with Crippen LogP contribution in [0.2, 0.25) is 0 Å². The molecule has 2 rings (SSSR count). The molecular formula is C11H14O3. The minimum atomic E-state index is 0.246. The second-order valence-electron chi connectivity index (χ2n) is 3.73. The normalized spacial score (nSPS) is 21.3. The highest BCUT2D eigenvalue weighted by Crippen LogP contribution is 2.17. The summed E-state index contributed by atoms with van der Waals surface area (Å²) >= 11 is 0. The summed E-state index contributed by atoms with van der Waals surface area (Å²) < 4.78 is 10.3. The Bertz CT molecular complexity index is 283. The van der Waals surface area contributed by atoms with Crippen molar-refractivity contribution in [1.82, 2.24) is 0 Å². The Hall–Kier alpha value is -1.09. The molecule has 0 radical (unpaired) electrons. The molecule has 0 aliphatic carbocycles. The molecule has 0 amide bonds. The topological polar surface area (TPSA) is 39.4 Å². The van der Waals surface area contributed by atoms with Gasteiger partial charge in [0.1, 0.15) is 11.5 Å². The van der Waals surface area contributed by atoms with Gasteiger partial charge < -0.3 is 9.15 Å². The second-order valence-corrected chi connectivity index (χ2v) is 3.73. The van der Waals surface area contributed by atoms with E-state index in [2.05, 4.69) is 0 Å². The zero-order valence-electron chi connectivity index (χ0n) is 8.07. The van der Waals surface area contributed by atoms with E-state index in [9.17, 15) is 4.79 Å². The molecule has 1 saturated heterocycles. The van der Waals surface area contributed by atoms with Gasteiger partial charge in [-0.05, 0) is 24.5 Å². The third kappa shape index (κ3) is 2.45. The van der Waals surface area contributed by atoms with Gasteiger partial charge >= 0.3 is 0 Å². The van der Waals surface area contributed by atoms with E-state index in [-0.39, 0.29) is 5.78 Å². The molecule has 3 nitrogen and oxygen atoms in total. The van der Waals surface area contributed by atoms with Crippen molar-refractivity contribution in [3.05, 3.63) is 24.2 Å². The lowest BCUT2D eigenvalue weighted by Crippen LogP contribution is -2.10. The first-order valence-corrected chi connectivity index (χ1v) is 4.96. The average molecular weight is 194 g/mol. The highest BCUT2D eigenvalue weighted by atomic mass is 16.5. The van der Waals surface area contributed by atoms with Crippen molar-refractivity contribution in [2.45, 2.75) is 19.3 Å². The molecule has 2 heterocycles. The molecule has 1 unspecified atom stereocenters. The number of carbonyl (C=O) groups is 1. The first-order valence-electron chi connectivity index (χ1n) is 4.96. The van der Waals surface area contributed by atoms with Crippen molar-refractivity contribution >= 4 is 5.78 Å². The summed E-state index contributed by atoms with van der Waals surface area (Å²) in [7, 11) is 0. The van der Waals surface area contributed by atoms with Crippen molar-refractivity contribution in [3.8, 4) is 0 Å². The van der Waals surface area contributed by atoms with Crippen LogP contribution < -0.4 is 0 Å². The fourth-order valence-corrected chi connectivity index (χ4v) is 1.75. The number of ketones is 1. The Balaban J connectivity index is 1.78. The van der Waals surface area contributed by atoms with Gasteiger partial charge in [-0.3, -0.25) is 4.79 Å². The van der Waals surface area contributed by atoms with Gasteiger partial charge in [0.05, 0.1) is 12.7 Å². The van der Waals surface area contributed by atoms with E-state index >= 15 is 0 Å². The maximum Gasteiger partial charge on any atom is 0.140 e. The highest BCUT2D eigenvalue weighted by Gasteiger charge is 2.19. The third-order valence-corrected chi connectivity index (χ3v) is 2.49. The molecule has 1 aromatic rings. The van der Waals surface area contributed by atoms with Gasteiger partial charge in [-0.25, -0.2) is 0 Å². The number of hydrogen-bond donors (Lipinski definition) is 0. The monoisotopic (exact) mass is 194 g/mol. The van der Waals surface area contributed by atoms with Gasteiger partial charge in [-0.15, -0.1) is 0 Å². The van der Waals surface area contributed by atoms with Crippen LogP contribution in [0.1, 0.15) is 18.6 Å². The molecule has 0 N–H and O–H groups in total. The predicted octanol–water partition coefficient (Wildman–Crippen LogP) is 1.82. The first kappa shape index (κ1) is 9.46. The smallest absolute Gasteiger partial charge is 0.140 e. The summed E-state index contributed by atoms with van der Waals surface area (Å²) in [5.74, 6) is 1.43. The Morgan fingerprint density at radius 2 is 2.50 bits per heavy atom. The predicted molar refractivity (Wildman–Crippen MR) is 51.0 cm³/mol. The number of rotatable bonds is 4. The van der Waals surface area contributed by atoms with Crippen LogP contribution in [0, 0.1) is 5.92 Å². The van der Waals surface area contributed by atoms with Crippen molar-refractivity contribution in [3.63, 3.8) is 0 Å². The summed E-state index contributed by atoms with van der Waals surface area (Å²) in [6, 6.07) is 3.64. The van der Waals surface area contributed by atoms with E-state index in [1.54, 1.807) is 12.3 Å². The summed E-state index contributed by atoms with van der Waals surface area (Å²) in [6.45, 7) is 1.54. The van der Waals surface area contributed by atoms with Crippen LogP contribution in [0.5, 0.6) is 0 Å².